The van der Waals surface area contributed by atoms with Gasteiger partial charge in [-0.05, 0) is 25.0 Å². The van der Waals surface area contributed by atoms with Gasteiger partial charge in [-0.2, -0.15) is 0 Å². The minimum Gasteiger partial charge on any atom is -0.479 e. The number of hydrogen-bond acceptors (Lipinski definition) is 4. The van der Waals surface area contributed by atoms with Gasteiger partial charge in [0.2, 0.25) is 0 Å². The molecule has 0 unspecified atom stereocenters. The lowest BCUT2D eigenvalue weighted by Gasteiger charge is -2.17. The molecule has 0 radical (unpaired) electrons. The summed E-state index contributed by atoms with van der Waals surface area (Å²) >= 11 is 0. The van der Waals surface area contributed by atoms with Crippen molar-refractivity contribution in [2.45, 2.75) is 26.8 Å². The molecular weight excluding hydrogens is 277 g/mol. The highest BCUT2D eigenvalue weighted by Gasteiger charge is 2.13. The molecular formula is C15H20FNO4. The number of para-hydroxylation sites is 1. The van der Waals surface area contributed by atoms with Crippen LogP contribution >= 0.6 is 0 Å². The molecule has 1 rings (SSSR count). The summed E-state index contributed by atoms with van der Waals surface area (Å²) in [6, 6.07) is 5.72. The van der Waals surface area contributed by atoms with Crippen molar-refractivity contribution in [3.8, 4) is 5.75 Å². The highest BCUT2D eigenvalue weighted by molar-refractivity contribution is 5.81. The molecule has 21 heavy (non-hydrogen) atoms. The van der Waals surface area contributed by atoms with Gasteiger partial charge in [-0.25, -0.2) is 9.18 Å². The summed E-state index contributed by atoms with van der Waals surface area (Å²) in [5.74, 6) is -1.42. The molecule has 5 nitrogen and oxygen atoms in total. The van der Waals surface area contributed by atoms with Crippen LogP contribution in [0.25, 0.3) is 0 Å². The molecule has 1 atom stereocenters. The van der Waals surface area contributed by atoms with Gasteiger partial charge in [0, 0.05) is 6.04 Å². The smallest absolute Gasteiger partial charge is 0.344 e. The van der Waals surface area contributed by atoms with Crippen LogP contribution in [0, 0.1) is 11.7 Å². The maximum absolute atomic E-state index is 13.2. The fourth-order valence-electron chi connectivity index (χ4n) is 1.35. The van der Waals surface area contributed by atoms with Crippen LogP contribution in [0.3, 0.4) is 0 Å². The first-order valence-electron chi connectivity index (χ1n) is 6.72. The number of amides is 1. The Hall–Kier alpha value is -2.11. The Labute approximate surface area is 123 Å². The summed E-state index contributed by atoms with van der Waals surface area (Å²) < 4.78 is 22.9. The van der Waals surface area contributed by atoms with E-state index in [0.29, 0.717) is 0 Å². The molecule has 1 N–H and O–H groups in total. The van der Waals surface area contributed by atoms with Gasteiger partial charge >= 0.3 is 5.97 Å². The average molecular weight is 297 g/mol. The molecule has 0 heterocycles. The fraction of sp³-hybridized carbons (Fsp3) is 0.467. The molecule has 116 valence electrons. The minimum atomic E-state index is -0.731. The number of hydrogen-bond donors (Lipinski definition) is 1. The predicted molar refractivity (Wildman–Crippen MR) is 75.3 cm³/mol. The summed E-state index contributed by atoms with van der Waals surface area (Å²) in [6.45, 7) is 4.98. The number of halogens is 1. The van der Waals surface area contributed by atoms with Gasteiger partial charge in [-0.3, -0.25) is 4.79 Å². The van der Waals surface area contributed by atoms with E-state index in [1.807, 2.05) is 20.8 Å². The highest BCUT2D eigenvalue weighted by Crippen LogP contribution is 2.14. The van der Waals surface area contributed by atoms with Crippen LogP contribution in [0.15, 0.2) is 24.3 Å². The lowest BCUT2D eigenvalue weighted by molar-refractivity contribution is -0.150. The van der Waals surface area contributed by atoms with Crippen molar-refractivity contribution in [2.24, 2.45) is 5.92 Å². The van der Waals surface area contributed by atoms with Gasteiger partial charge in [-0.1, -0.05) is 26.0 Å². The van der Waals surface area contributed by atoms with E-state index in [-0.39, 0.29) is 30.2 Å². The summed E-state index contributed by atoms with van der Waals surface area (Å²) in [5, 5.41) is 2.70. The molecule has 1 amide bonds. The molecule has 1 aromatic rings. The second-order valence-corrected chi connectivity index (χ2v) is 4.98. The number of nitrogens with one attached hydrogen (secondary N) is 1. The van der Waals surface area contributed by atoms with Gasteiger partial charge in [0.1, 0.15) is 0 Å². The zero-order valence-electron chi connectivity index (χ0n) is 12.4. The maximum atomic E-state index is 13.2. The van der Waals surface area contributed by atoms with Crippen LogP contribution in [-0.4, -0.2) is 31.1 Å². The van der Waals surface area contributed by atoms with Crippen molar-refractivity contribution < 1.29 is 23.5 Å². The minimum absolute atomic E-state index is 0.00846. The molecule has 0 aliphatic heterocycles. The Kier molecular flexibility index (Phi) is 6.65. The Morgan fingerprint density at radius 1 is 1.19 bits per heavy atom. The SMILES string of the molecule is CC(C)[C@@H](C)NC(=O)COC(=O)COc1ccccc1F. The van der Waals surface area contributed by atoms with E-state index in [9.17, 15) is 14.0 Å². The predicted octanol–water partition coefficient (Wildman–Crippen LogP) is 1.91. The quantitative estimate of drug-likeness (QED) is 0.781. The monoisotopic (exact) mass is 297 g/mol. The van der Waals surface area contributed by atoms with Crippen molar-refractivity contribution in [1.29, 1.82) is 0 Å². The fourth-order valence-corrected chi connectivity index (χ4v) is 1.35. The molecule has 0 saturated heterocycles. The van der Waals surface area contributed by atoms with E-state index in [1.54, 1.807) is 6.07 Å². The van der Waals surface area contributed by atoms with Gasteiger partial charge in [-0.15, -0.1) is 0 Å². The first-order valence-corrected chi connectivity index (χ1v) is 6.72. The first-order chi connectivity index (χ1) is 9.90. The van der Waals surface area contributed by atoms with Gasteiger partial charge in [0.15, 0.2) is 24.8 Å². The second kappa shape index (κ2) is 8.24. The summed E-state index contributed by atoms with van der Waals surface area (Å²) in [5.41, 5.74) is 0. The molecule has 0 aliphatic carbocycles. The van der Waals surface area contributed by atoms with E-state index in [0.717, 1.165) is 0 Å². The Morgan fingerprint density at radius 2 is 1.86 bits per heavy atom. The number of ether oxygens (including phenoxy) is 2. The van der Waals surface area contributed by atoms with Crippen LogP contribution in [-0.2, 0) is 14.3 Å². The topological polar surface area (TPSA) is 64.6 Å². The van der Waals surface area contributed by atoms with E-state index >= 15 is 0 Å². The van der Waals surface area contributed by atoms with E-state index < -0.39 is 18.4 Å². The Morgan fingerprint density at radius 3 is 2.48 bits per heavy atom. The largest absolute Gasteiger partial charge is 0.479 e. The third-order valence-electron chi connectivity index (χ3n) is 2.94. The number of benzene rings is 1. The lowest BCUT2D eigenvalue weighted by atomic mass is 10.1. The lowest BCUT2D eigenvalue weighted by Crippen LogP contribution is -2.39. The van der Waals surface area contributed by atoms with Gasteiger partial charge in [0.25, 0.3) is 5.91 Å². The first kappa shape index (κ1) is 16.9. The van der Waals surface area contributed by atoms with Gasteiger partial charge in [0.05, 0.1) is 0 Å². The number of rotatable bonds is 7. The molecule has 0 spiro atoms. The molecule has 1 aromatic carbocycles. The van der Waals surface area contributed by atoms with E-state index in [1.165, 1.54) is 18.2 Å². The molecule has 0 bridgehead atoms. The number of carbonyl (C=O) groups excluding carboxylic acids is 2. The molecule has 0 fully saturated rings. The number of carbonyl (C=O) groups is 2. The van der Waals surface area contributed by atoms with Crippen molar-refractivity contribution in [3.05, 3.63) is 30.1 Å². The van der Waals surface area contributed by atoms with Crippen LogP contribution in [0.2, 0.25) is 0 Å². The summed E-state index contributed by atoms with van der Waals surface area (Å²) in [7, 11) is 0. The zero-order valence-corrected chi connectivity index (χ0v) is 12.4. The van der Waals surface area contributed by atoms with Crippen molar-refractivity contribution in [2.75, 3.05) is 13.2 Å². The third-order valence-corrected chi connectivity index (χ3v) is 2.94. The third kappa shape index (κ3) is 6.25. The normalized spacial score (nSPS) is 11.9. The van der Waals surface area contributed by atoms with Crippen LogP contribution < -0.4 is 10.1 Å². The van der Waals surface area contributed by atoms with E-state index in [4.69, 9.17) is 9.47 Å². The zero-order chi connectivity index (χ0) is 15.8. The Balaban J connectivity index is 2.28. The van der Waals surface area contributed by atoms with Crippen molar-refractivity contribution in [1.82, 2.24) is 5.32 Å². The molecule has 0 aromatic heterocycles. The summed E-state index contributed by atoms with van der Waals surface area (Å²) in [4.78, 5) is 22.9. The van der Waals surface area contributed by atoms with Crippen LogP contribution in [0.1, 0.15) is 20.8 Å². The van der Waals surface area contributed by atoms with Crippen molar-refractivity contribution >= 4 is 11.9 Å². The van der Waals surface area contributed by atoms with E-state index in [2.05, 4.69) is 5.32 Å². The summed E-state index contributed by atoms with van der Waals surface area (Å²) in [6.07, 6.45) is 0. The van der Waals surface area contributed by atoms with Crippen LogP contribution in [0.4, 0.5) is 4.39 Å². The molecule has 0 aliphatic rings. The average Bonchev–Trinajstić information content (AvgIpc) is 2.44. The van der Waals surface area contributed by atoms with Gasteiger partial charge < -0.3 is 14.8 Å². The number of esters is 1. The standard InChI is InChI=1S/C15H20FNO4/c1-10(2)11(3)17-14(18)8-21-15(19)9-20-13-7-5-4-6-12(13)16/h4-7,10-11H,8-9H2,1-3H3,(H,17,18)/t11-/m1/s1. The maximum Gasteiger partial charge on any atom is 0.344 e. The second-order valence-electron chi connectivity index (χ2n) is 4.98. The molecule has 0 saturated carbocycles. The highest BCUT2D eigenvalue weighted by atomic mass is 19.1. The van der Waals surface area contributed by atoms with Crippen LogP contribution in [0.5, 0.6) is 5.75 Å². The Bertz CT molecular complexity index is 490. The molecule has 6 heteroatoms. The van der Waals surface area contributed by atoms with Crippen molar-refractivity contribution in [3.63, 3.8) is 0 Å².